The third-order valence-electron chi connectivity index (χ3n) is 4.62. The van der Waals surface area contributed by atoms with Crippen molar-refractivity contribution in [1.29, 1.82) is 0 Å². The molecule has 3 rings (SSSR count). The van der Waals surface area contributed by atoms with Crippen LogP contribution in [0, 0.1) is 0 Å². The molecular formula is C21H25NO2Si. The average molecular weight is 352 g/mol. The molecule has 0 saturated heterocycles. The Labute approximate surface area is 150 Å². The molecule has 1 aromatic heterocycles. The van der Waals surface area contributed by atoms with Gasteiger partial charge in [0.25, 0.3) is 8.32 Å². The van der Waals surface area contributed by atoms with Crippen molar-refractivity contribution in [3.63, 3.8) is 0 Å². The van der Waals surface area contributed by atoms with Crippen LogP contribution in [0.1, 0.15) is 26.5 Å². The fourth-order valence-electron chi connectivity index (χ4n) is 3.40. The summed E-state index contributed by atoms with van der Waals surface area (Å²) in [5, 5.41) is 2.44. The first-order valence-corrected chi connectivity index (χ1v) is 10.4. The van der Waals surface area contributed by atoms with Gasteiger partial charge in [0.2, 0.25) is 0 Å². The highest BCUT2D eigenvalue weighted by Gasteiger charge is 2.50. The lowest BCUT2D eigenvalue weighted by Crippen LogP contribution is -2.66. The molecule has 0 unspecified atom stereocenters. The van der Waals surface area contributed by atoms with Crippen molar-refractivity contribution in [1.82, 2.24) is 0 Å². The fraction of sp³-hybridized carbons (Fsp3) is 0.238. The minimum absolute atomic E-state index is 0.0585. The Morgan fingerprint density at radius 3 is 1.80 bits per heavy atom. The van der Waals surface area contributed by atoms with E-state index in [1.165, 1.54) is 10.4 Å². The molecule has 1 heterocycles. The number of anilines is 1. The second-order valence-electron chi connectivity index (χ2n) is 7.25. The molecule has 3 aromatic rings. The Kier molecular flexibility index (Phi) is 4.84. The zero-order valence-corrected chi connectivity index (χ0v) is 16.0. The monoisotopic (exact) mass is 351 g/mol. The zero-order valence-electron chi connectivity index (χ0n) is 15.0. The van der Waals surface area contributed by atoms with Crippen molar-refractivity contribution in [2.24, 2.45) is 0 Å². The first-order chi connectivity index (χ1) is 11.9. The van der Waals surface area contributed by atoms with E-state index in [4.69, 9.17) is 14.6 Å². The van der Waals surface area contributed by atoms with Crippen LogP contribution in [0.4, 0.5) is 5.69 Å². The molecule has 0 aliphatic carbocycles. The van der Waals surface area contributed by atoms with Gasteiger partial charge in [0.1, 0.15) is 0 Å². The summed E-state index contributed by atoms with van der Waals surface area (Å²) >= 11 is 0. The van der Waals surface area contributed by atoms with Crippen LogP contribution in [0.5, 0.6) is 0 Å². The normalized spacial score (nSPS) is 12.3. The highest BCUT2D eigenvalue weighted by Crippen LogP contribution is 2.37. The smallest absolute Gasteiger partial charge is 0.261 e. The third kappa shape index (κ3) is 3.28. The van der Waals surface area contributed by atoms with Gasteiger partial charge in [-0.25, -0.2) is 0 Å². The van der Waals surface area contributed by atoms with E-state index in [1.54, 1.807) is 12.3 Å². The molecule has 2 aromatic carbocycles. The van der Waals surface area contributed by atoms with Crippen molar-refractivity contribution >= 4 is 24.4 Å². The summed E-state index contributed by atoms with van der Waals surface area (Å²) in [7, 11) is -2.54. The third-order valence-corrected chi connectivity index (χ3v) is 9.60. The largest absolute Gasteiger partial charge is 0.465 e. The van der Waals surface area contributed by atoms with Crippen molar-refractivity contribution in [2.75, 3.05) is 5.73 Å². The molecule has 3 nitrogen and oxygen atoms in total. The second-order valence-corrected chi connectivity index (χ2v) is 11.6. The van der Waals surface area contributed by atoms with Crippen molar-refractivity contribution < 1.29 is 8.84 Å². The van der Waals surface area contributed by atoms with Gasteiger partial charge in [-0.2, -0.15) is 0 Å². The molecule has 0 atom stereocenters. The minimum Gasteiger partial charge on any atom is -0.465 e. The van der Waals surface area contributed by atoms with Gasteiger partial charge in [0.15, 0.2) is 5.76 Å². The van der Waals surface area contributed by atoms with Crippen LogP contribution in [-0.4, -0.2) is 8.32 Å². The van der Waals surface area contributed by atoms with E-state index in [-0.39, 0.29) is 5.04 Å². The Balaban J connectivity index is 2.13. The Morgan fingerprint density at radius 2 is 1.40 bits per heavy atom. The SMILES string of the molecule is CC(C)(C)[Si](OCc1occc1N)(c1ccccc1)c1ccccc1. The van der Waals surface area contributed by atoms with Crippen molar-refractivity contribution in [2.45, 2.75) is 32.4 Å². The molecule has 130 valence electrons. The number of hydrogen-bond acceptors (Lipinski definition) is 3. The maximum Gasteiger partial charge on any atom is 0.261 e. The molecule has 0 saturated carbocycles. The highest BCUT2D eigenvalue weighted by molar-refractivity contribution is 6.99. The molecule has 0 aliphatic heterocycles. The molecule has 0 fully saturated rings. The Bertz CT molecular complexity index is 767. The lowest BCUT2D eigenvalue weighted by molar-refractivity contribution is 0.255. The standard InChI is InChI=1S/C21H25NO2Si/c1-21(2,3)25(17-10-6-4-7-11-17,18-12-8-5-9-13-18)24-16-20-19(22)14-15-23-20/h4-15H,16,22H2,1-3H3. The molecule has 0 aliphatic rings. The molecule has 0 spiro atoms. The molecule has 2 N–H and O–H groups in total. The molecule has 4 heteroatoms. The van der Waals surface area contributed by atoms with E-state index in [9.17, 15) is 0 Å². The predicted molar refractivity (Wildman–Crippen MR) is 106 cm³/mol. The van der Waals surface area contributed by atoms with Crippen LogP contribution in [0.2, 0.25) is 5.04 Å². The predicted octanol–water partition coefficient (Wildman–Crippen LogP) is 3.94. The van der Waals surface area contributed by atoms with Gasteiger partial charge >= 0.3 is 0 Å². The fourth-order valence-corrected chi connectivity index (χ4v) is 7.91. The van der Waals surface area contributed by atoms with Crippen LogP contribution in [0.25, 0.3) is 0 Å². The maximum absolute atomic E-state index is 6.76. The van der Waals surface area contributed by atoms with E-state index in [1.807, 2.05) is 12.1 Å². The molecule has 0 bridgehead atoms. The Hall–Kier alpha value is -2.30. The van der Waals surface area contributed by atoms with Gasteiger partial charge in [-0.3, -0.25) is 0 Å². The van der Waals surface area contributed by atoms with Crippen LogP contribution in [0.3, 0.4) is 0 Å². The number of furan rings is 1. The van der Waals surface area contributed by atoms with Gasteiger partial charge < -0.3 is 14.6 Å². The lowest BCUT2D eigenvalue weighted by Gasteiger charge is -2.42. The number of nitrogens with two attached hydrogens (primary N) is 1. The summed E-state index contributed by atoms with van der Waals surface area (Å²) in [6.07, 6.45) is 1.61. The van der Waals surface area contributed by atoms with E-state index < -0.39 is 8.32 Å². The zero-order chi connectivity index (χ0) is 17.9. The van der Waals surface area contributed by atoms with E-state index in [0.29, 0.717) is 18.1 Å². The average Bonchev–Trinajstić information content (AvgIpc) is 3.01. The lowest BCUT2D eigenvalue weighted by atomic mass is 10.2. The van der Waals surface area contributed by atoms with Gasteiger partial charge in [0.05, 0.1) is 18.6 Å². The summed E-state index contributed by atoms with van der Waals surface area (Å²) < 4.78 is 12.3. The molecule has 0 amide bonds. The summed E-state index contributed by atoms with van der Waals surface area (Å²) in [4.78, 5) is 0. The maximum atomic E-state index is 6.76. The van der Waals surface area contributed by atoms with Crippen LogP contribution >= 0.6 is 0 Å². The molecule has 0 radical (unpaired) electrons. The van der Waals surface area contributed by atoms with Gasteiger partial charge in [0, 0.05) is 0 Å². The minimum atomic E-state index is -2.54. The van der Waals surface area contributed by atoms with Crippen LogP contribution in [0.15, 0.2) is 77.4 Å². The Morgan fingerprint density at radius 1 is 0.880 bits per heavy atom. The van der Waals surface area contributed by atoms with E-state index in [0.717, 1.165) is 0 Å². The van der Waals surface area contributed by atoms with Crippen molar-refractivity contribution in [3.05, 3.63) is 78.8 Å². The highest BCUT2D eigenvalue weighted by atomic mass is 28.4. The summed E-state index contributed by atoms with van der Waals surface area (Å²) in [6.45, 7) is 7.13. The van der Waals surface area contributed by atoms with Gasteiger partial charge in [-0.05, 0) is 21.5 Å². The molecular weight excluding hydrogens is 326 g/mol. The second kappa shape index (κ2) is 6.90. The summed E-state index contributed by atoms with van der Waals surface area (Å²) in [5.74, 6) is 0.688. The van der Waals surface area contributed by atoms with E-state index in [2.05, 4.69) is 69.3 Å². The van der Waals surface area contributed by atoms with Gasteiger partial charge in [-0.1, -0.05) is 81.4 Å². The number of hydrogen-bond donors (Lipinski definition) is 1. The topological polar surface area (TPSA) is 48.4 Å². The number of nitrogen functional groups attached to an aromatic ring is 1. The van der Waals surface area contributed by atoms with Crippen molar-refractivity contribution in [3.8, 4) is 0 Å². The van der Waals surface area contributed by atoms with Crippen LogP contribution in [-0.2, 0) is 11.0 Å². The molecule has 25 heavy (non-hydrogen) atoms. The summed E-state index contributed by atoms with van der Waals surface area (Å²) in [6, 6.07) is 22.9. The number of benzene rings is 2. The quantitative estimate of drug-likeness (QED) is 0.708. The first-order valence-electron chi connectivity index (χ1n) is 8.52. The van der Waals surface area contributed by atoms with E-state index >= 15 is 0 Å². The number of rotatable bonds is 5. The summed E-state index contributed by atoms with van der Waals surface area (Å²) in [5.41, 5.74) is 6.63. The van der Waals surface area contributed by atoms with Gasteiger partial charge in [-0.15, -0.1) is 0 Å². The van der Waals surface area contributed by atoms with Crippen LogP contribution < -0.4 is 16.1 Å². The first kappa shape index (κ1) is 17.5.